The molecular weight excluding hydrogens is 386 g/mol. The zero-order chi connectivity index (χ0) is 20.4. The molecule has 2 N–H and O–H groups in total. The minimum Gasteiger partial charge on any atom is -0.354 e. The lowest BCUT2D eigenvalue weighted by atomic mass is 9.94. The van der Waals surface area contributed by atoms with E-state index in [0.717, 1.165) is 53.5 Å². The fourth-order valence-corrected chi connectivity index (χ4v) is 5.26. The van der Waals surface area contributed by atoms with Gasteiger partial charge in [-0.15, -0.1) is 10.2 Å². The van der Waals surface area contributed by atoms with Gasteiger partial charge >= 0.3 is 0 Å². The fraction of sp³-hybridized carbons (Fsp3) is 0.619. The molecule has 4 rings (SSSR count). The number of aromatic amines is 1. The lowest BCUT2D eigenvalue weighted by molar-refractivity contribution is 0.0947. The molecule has 2 aromatic rings. The second-order valence-electron chi connectivity index (χ2n) is 8.03. The van der Waals surface area contributed by atoms with Crippen molar-refractivity contribution < 1.29 is 9.59 Å². The van der Waals surface area contributed by atoms with Gasteiger partial charge in [0, 0.05) is 36.7 Å². The molecule has 7 nitrogen and oxygen atoms in total. The highest BCUT2D eigenvalue weighted by Crippen LogP contribution is 2.33. The van der Waals surface area contributed by atoms with Gasteiger partial charge in [-0.1, -0.05) is 24.6 Å². The van der Waals surface area contributed by atoms with Gasteiger partial charge in [-0.05, 0) is 50.8 Å². The van der Waals surface area contributed by atoms with Crippen molar-refractivity contribution in [1.82, 2.24) is 25.1 Å². The first kappa shape index (κ1) is 20.2. The van der Waals surface area contributed by atoms with Crippen molar-refractivity contribution >= 4 is 23.5 Å². The molecule has 0 saturated heterocycles. The Morgan fingerprint density at radius 2 is 2.03 bits per heavy atom. The second kappa shape index (κ2) is 8.73. The summed E-state index contributed by atoms with van der Waals surface area (Å²) in [6.45, 7) is 2.43. The van der Waals surface area contributed by atoms with Crippen LogP contribution < -0.4 is 5.32 Å². The molecule has 29 heavy (non-hydrogen) atoms. The van der Waals surface area contributed by atoms with Gasteiger partial charge in [0.25, 0.3) is 5.91 Å². The smallest absolute Gasteiger partial charge is 0.268 e. The highest BCUT2D eigenvalue weighted by molar-refractivity contribution is 7.98. The number of aryl methyl sites for hydroxylation is 2. The van der Waals surface area contributed by atoms with E-state index < -0.39 is 0 Å². The van der Waals surface area contributed by atoms with Gasteiger partial charge in [0.05, 0.1) is 0 Å². The Morgan fingerprint density at radius 3 is 2.76 bits per heavy atom. The third kappa shape index (κ3) is 3.99. The maximum absolute atomic E-state index is 12.6. The number of amides is 1. The first-order chi connectivity index (χ1) is 14.1. The van der Waals surface area contributed by atoms with Crippen molar-refractivity contribution in [3.8, 4) is 0 Å². The van der Waals surface area contributed by atoms with E-state index >= 15 is 0 Å². The van der Waals surface area contributed by atoms with E-state index in [2.05, 4.69) is 25.1 Å². The Kier molecular flexibility index (Phi) is 6.08. The van der Waals surface area contributed by atoms with Crippen LogP contribution in [0.4, 0.5) is 0 Å². The van der Waals surface area contributed by atoms with Crippen LogP contribution in [0.5, 0.6) is 0 Å². The van der Waals surface area contributed by atoms with Gasteiger partial charge in [-0.25, -0.2) is 0 Å². The zero-order valence-corrected chi connectivity index (χ0v) is 18.0. The lowest BCUT2D eigenvalue weighted by Crippen LogP contribution is -2.26. The molecule has 156 valence electrons. The number of rotatable bonds is 7. The first-order valence-corrected chi connectivity index (χ1v) is 11.8. The van der Waals surface area contributed by atoms with Crippen LogP contribution in [0.3, 0.4) is 0 Å². The molecular formula is C21H29N5O2S. The minimum absolute atomic E-state index is 0.133. The van der Waals surface area contributed by atoms with Crippen LogP contribution in [0, 0.1) is 6.92 Å². The Hall–Kier alpha value is -2.09. The van der Waals surface area contributed by atoms with Crippen LogP contribution in [-0.2, 0) is 12.8 Å². The Bertz CT molecular complexity index is 911. The molecule has 1 saturated carbocycles. The normalized spacial score (nSPS) is 17.0. The maximum Gasteiger partial charge on any atom is 0.268 e. The minimum atomic E-state index is -0.133. The topological polar surface area (TPSA) is 92.7 Å². The van der Waals surface area contributed by atoms with E-state index in [9.17, 15) is 9.59 Å². The number of hydrogen-bond donors (Lipinski definition) is 2. The predicted molar refractivity (Wildman–Crippen MR) is 113 cm³/mol. The number of carbonyl (C=O) groups is 2. The largest absolute Gasteiger partial charge is 0.354 e. The summed E-state index contributed by atoms with van der Waals surface area (Å²) in [4.78, 5) is 28.0. The van der Waals surface area contributed by atoms with Crippen LogP contribution in [-0.4, -0.2) is 44.2 Å². The highest BCUT2D eigenvalue weighted by Gasteiger charge is 2.26. The summed E-state index contributed by atoms with van der Waals surface area (Å²) >= 11 is 1.65. The average molecular weight is 416 g/mol. The SMILES string of the molecule is CSc1nnc(CCCNC(=O)c2[nH]c3c(c2C)C(=O)CCC3)n1C1CCCC1. The van der Waals surface area contributed by atoms with Crippen LogP contribution in [0.15, 0.2) is 5.16 Å². The van der Waals surface area contributed by atoms with Gasteiger partial charge in [-0.3, -0.25) is 9.59 Å². The summed E-state index contributed by atoms with van der Waals surface area (Å²) in [6, 6.07) is 0.516. The first-order valence-electron chi connectivity index (χ1n) is 10.6. The zero-order valence-electron chi connectivity index (χ0n) is 17.2. The van der Waals surface area contributed by atoms with E-state index in [1.54, 1.807) is 11.8 Å². The molecule has 2 aliphatic rings. The van der Waals surface area contributed by atoms with Crippen molar-refractivity contribution in [2.24, 2.45) is 0 Å². The number of H-pyrrole nitrogens is 1. The number of fused-ring (bicyclic) bond motifs is 1. The number of nitrogens with zero attached hydrogens (tertiary/aromatic N) is 3. The van der Waals surface area contributed by atoms with Gasteiger partial charge < -0.3 is 14.9 Å². The summed E-state index contributed by atoms with van der Waals surface area (Å²) in [5, 5.41) is 12.8. The van der Waals surface area contributed by atoms with E-state index in [-0.39, 0.29) is 11.7 Å². The Labute approximate surface area is 175 Å². The molecule has 2 aliphatic carbocycles. The van der Waals surface area contributed by atoms with Crippen LogP contribution in [0.25, 0.3) is 0 Å². The van der Waals surface area contributed by atoms with Crippen molar-refractivity contribution in [2.45, 2.75) is 75.9 Å². The predicted octanol–water partition coefficient (Wildman–Crippen LogP) is 3.63. The molecule has 0 aliphatic heterocycles. The van der Waals surface area contributed by atoms with Crippen LogP contribution in [0.1, 0.15) is 88.9 Å². The number of nitrogens with one attached hydrogen (secondary N) is 2. The molecule has 1 amide bonds. The third-order valence-electron chi connectivity index (χ3n) is 6.13. The third-order valence-corrected chi connectivity index (χ3v) is 6.78. The molecule has 2 heterocycles. The van der Waals surface area contributed by atoms with Crippen molar-refractivity contribution in [3.05, 3.63) is 28.3 Å². The Morgan fingerprint density at radius 1 is 1.24 bits per heavy atom. The second-order valence-corrected chi connectivity index (χ2v) is 8.80. The monoisotopic (exact) mass is 415 g/mol. The van der Waals surface area contributed by atoms with E-state index in [0.29, 0.717) is 24.7 Å². The molecule has 0 atom stereocenters. The summed E-state index contributed by atoms with van der Waals surface area (Å²) in [7, 11) is 0. The van der Waals surface area contributed by atoms with Crippen molar-refractivity contribution in [1.29, 1.82) is 0 Å². The fourth-order valence-electron chi connectivity index (χ4n) is 4.68. The van der Waals surface area contributed by atoms with E-state index in [1.807, 2.05) is 13.2 Å². The molecule has 1 fully saturated rings. The number of ketones is 1. The summed E-state index contributed by atoms with van der Waals surface area (Å²) in [6.07, 6.45) is 10.9. The van der Waals surface area contributed by atoms with Gasteiger partial charge in [0.15, 0.2) is 10.9 Å². The van der Waals surface area contributed by atoms with Crippen LogP contribution in [0.2, 0.25) is 0 Å². The van der Waals surface area contributed by atoms with E-state index in [4.69, 9.17) is 0 Å². The standard InChI is InChI=1S/C21H29N5O2S/c1-13-18-15(9-5-10-16(18)27)23-19(13)20(28)22-12-6-11-17-24-25-21(29-2)26(17)14-7-3-4-8-14/h14,23H,3-12H2,1-2H3,(H,22,28). The van der Waals surface area contributed by atoms with Crippen LogP contribution >= 0.6 is 11.8 Å². The number of thioether (sulfide) groups is 1. The van der Waals surface area contributed by atoms with E-state index in [1.165, 1.54) is 25.7 Å². The van der Waals surface area contributed by atoms with Gasteiger partial charge in [0.1, 0.15) is 11.5 Å². The van der Waals surface area contributed by atoms with Gasteiger partial charge in [0.2, 0.25) is 0 Å². The van der Waals surface area contributed by atoms with Crippen molar-refractivity contribution in [3.63, 3.8) is 0 Å². The number of carbonyl (C=O) groups excluding carboxylic acids is 2. The summed E-state index contributed by atoms with van der Waals surface area (Å²) in [5.41, 5.74) is 2.96. The molecule has 0 aromatic carbocycles. The average Bonchev–Trinajstić information content (AvgIpc) is 3.44. The highest BCUT2D eigenvalue weighted by atomic mass is 32.2. The Balaban J connectivity index is 1.35. The number of aromatic nitrogens is 4. The van der Waals surface area contributed by atoms with Gasteiger partial charge in [-0.2, -0.15) is 0 Å². The van der Waals surface area contributed by atoms with Crippen molar-refractivity contribution in [2.75, 3.05) is 12.8 Å². The molecule has 2 aromatic heterocycles. The summed E-state index contributed by atoms with van der Waals surface area (Å²) in [5.74, 6) is 1.04. The summed E-state index contributed by atoms with van der Waals surface area (Å²) < 4.78 is 2.31. The maximum atomic E-state index is 12.6. The molecule has 0 bridgehead atoms. The number of Topliss-reactive ketones (excluding diaryl/α,β-unsaturated/α-hetero) is 1. The molecule has 8 heteroatoms. The molecule has 0 unspecified atom stereocenters. The molecule has 0 radical (unpaired) electrons. The number of hydrogen-bond acceptors (Lipinski definition) is 5. The molecule has 0 spiro atoms. The quantitative estimate of drug-likeness (QED) is 0.532. The lowest BCUT2D eigenvalue weighted by Gasteiger charge is -2.16.